The van der Waals surface area contributed by atoms with Gasteiger partial charge in [-0.15, -0.1) is 0 Å². The summed E-state index contributed by atoms with van der Waals surface area (Å²) in [6.07, 6.45) is 0.603. The SMILES string of the molecule is CC1(C)Cc2c(F)cccc2C(c2ccc3ccccc3n2)=N1. The largest absolute Gasteiger partial charge is 0.276 e. The minimum absolute atomic E-state index is 0.163. The van der Waals surface area contributed by atoms with Gasteiger partial charge in [-0.2, -0.15) is 0 Å². The molecule has 1 aliphatic rings. The summed E-state index contributed by atoms with van der Waals surface area (Å²) in [5.74, 6) is -0.163. The molecule has 2 heterocycles. The lowest BCUT2D eigenvalue weighted by Gasteiger charge is -2.29. The normalized spacial score (nSPS) is 16.0. The van der Waals surface area contributed by atoms with E-state index < -0.39 is 0 Å². The van der Waals surface area contributed by atoms with E-state index in [1.807, 2.05) is 56.3 Å². The molecule has 0 amide bonds. The third kappa shape index (κ3) is 2.42. The van der Waals surface area contributed by atoms with E-state index >= 15 is 0 Å². The van der Waals surface area contributed by atoms with Crippen molar-refractivity contribution in [3.8, 4) is 0 Å². The van der Waals surface area contributed by atoms with Crippen molar-refractivity contribution in [1.29, 1.82) is 0 Å². The molecule has 2 aromatic carbocycles. The molecule has 4 rings (SSSR count). The number of aromatic nitrogens is 1. The molecule has 0 spiro atoms. The van der Waals surface area contributed by atoms with Gasteiger partial charge in [0.25, 0.3) is 0 Å². The first-order chi connectivity index (χ1) is 11.0. The van der Waals surface area contributed by atoms with E-state index in [9.17, 15) is 4.39 Å². The average molecular weight is 304 g/mol. The van der Waals surface area contributed by atoms with Gasteiger partial charge in [0.05, 0.1) is 22.5 Å². The number of hydrogen-bond acceptors (Lipinski definition) is 2. The van der Waals surface area contributed by atoms with Crippen molar-refractivity contribution < 1.29 is 4.39 Å². The van der Waals surface area contributed by atoms with Crippen LogP contribution in [0.1, 0.15) is 30.7 Å². The van der Waals surface area contributed by atoms with Crippen molar-refractivity contribution in [1.82, 2.24) is 4.98 Å². The molecule has 0 fully saturated rings. The maximum absolute atomic E-state index is 14.3. The average Bonchev–Trinajstić information content (AvgIpc) is 2.54. The minimum Gasteiger partial charge on any atom is -0.276 e. The number of aliphatic imine (C=N–C) groups is 1. The molecule has 23 heavy (non-hydrogen) atoms. The highest BCUT2D eigenvalue weighted by atomic mass is 19.1. The first-order valence-electron chi connectivity index (χ1n) is 7.77. The third-order valence-corrected chi connectivity index (χ3v) is 4.24. The number of fused-ring (bicyclic) bond motifs is 2. The Kier molecular flexibility index (Phi) is 3.05. The lowest BCUT2D eigenvalue weighted by atomic mass is 9.85. The van der Waals surface area contributed by atoms with Gasteiger partial charge in [0.15, 0.2) is 0 Å². The molecule has 0 unspecified atom stereocenters. The van der Waals surface area contributed by atoms with Crippen LogP contribution < -0.4 is 0 Å². The van der Waals surface area contributed by atoms with E-state index in [-0.39, 0.29) is 11.4 Å². The van der Waals surface area contributed by atoms with Crippen LogP contribution in [0.15, 0.2) is 59.6 Å². The fourth-order valence-electron chi connectivity index (χ4n) is 3.19. The Morgan fingerprint density at radius 3 is 2.65 bits per heavy atom. The van der Waals surface area contributed by atoms with E-state index in [2.05, 4.69) is 0 Å². The van der Waals surface area contributed by atoms with E-state index in [1.54, 1.807) is 6.07 Å². The molecule has 1 aliphatic heterocycles. The topological polar surface area (TPSA) is 25.2 Å². The molecule has 114 valence electrons. The van der Waals surface area contributed by atoms with Crippen molar-refractivity contribution in [3.05, 3.63) is 77.2 Å². The smallest absolute Gasteiger partial charge is 0.127 e. The molecule has 1 aromatic heterocycles. The van der Waals surface area contributed by atoms with Crippen molar-refractivity contribution in [3.63, 3.8) is 0 Å². The molecular formula is C20H17FN2. The van der Waals surface area contributed by atoms with E-state index in [4.69, 9.17) is 9.98 Å². The van der Waals surface area contributed by atoms with Gasteiger partial charge in [-0.25, -0.2) is 9.37 Å². The van der Waals surface area contributed by atoms with Crippen LogP contribution in [-0.2, 0) is 6.42 Å². The zero-order chi connectivity index (χ0) is 16.0. The number of nitrogens with zero attached hydrogens (tertiary/aromatic N) is 2. The minimum atomic E-state index is -0.335. The zero-order valence-electron chi connectivity index (χ0n) is 13.2. The predicted molar refractivity (Wildman–Crippen MR) is 91.6 cm³/mol. The van der Waals surface area contributed by atoms with E-state index in [1.165, 1.54) is 6.07 Å². The Bertz CT molecular complexity index is 941. The number of hydrogen-bond donors (Lipinski definition) is 0. The lowest BCUT2D eigenvalue weighted by molar-refractivity contribution is 0.492. The number of halogens is 1. The van der Waals surface area contributed by atoms with Crippen molar-refractivity contribution >= 4 is 16.6 Å². The van der Waals surface area contributed by atoms with Gasteiger partial charge in [-0.1, -0.05) is 36.4 Å². The molecule has 0 saturated heterocycles. The second-order valence-electron chi connectivity index (χ2n) is 6.60. The standard InChI is InChI=1S/C20H17FN2/c1-20(2)12-15-14(7-5-8-16(15)21)19(23-20)18-11-10-13-6-3-4-9-17(13)22-18/h3-11H,12H2,1-2H3. The van der Waals surface area contributed by atoms with E-state index in [0.717, 1.165) is 33.4 Å². The van der Waals surface area contributed by atoms with Gasteiger partial charge in [-0.05, 0) is 37.6 Å². The van der Waals surface area contributed by atoms with Gasteiger partial charge in [0, 0.05) is 17.4 Å². The van der Waals surface area contributed by atoms with Crippen molar-refractivity contribution in [2.24, 2.45) is 4.99 Å². The number of para-hydroxylation sites is 1. The fraction of sp³-hybridized carbons (Fsp3) is 0.200. The van der Waals surface area contributed by atoms with Crippen LogP contribution in [0.5, 0.6) is 0 Å². The van der Waals surface area contributed by atoms with Gasteiger partial charge in [0.1, 0.15) is 5.82 Å². The maximum atomic E-state index is 14.3. The Morgan fingerprint density at radius 1 is 0.957 bits per heavy atom. The highest BCUT2D eigenvalue weighted by Gasteiger charge is 2.29. The second-order valence-corrected chi connectivity index (χ2v) is 6.60. The van der Waals surface area contributed by atoms with Crippen LogP contribution in [0.4, 0.5) is 4.39 Å². The summed E-state index contributed by atoms with van der Waals surface area (Å²) >= 11 is 0. The van der Waals surface area contributed by atoms with Crippen molar-refractivity contribution in [2.75, 3.05) is 0 Å². The molecule has 0 saturated carbocycles. The fourth-order valence-corrected chi connectivity index (χ4v) is 3.19. The van der Waals surface area contributed by atoms with Crippen LogP contribution in [0.3, 0.4) is 0 Å². The number of rotatable bonds is 1. The Morgan fingerprint density at radius 2 is 1.78 bits per heavy atom. The second kappa shape index (κ2) is 4.98. The number of benzene rings is 2. The Hall–Kier alpha value is -2.55. The van der Waals surface area contributed by atoms with Gasteiger partial charge in [0.2, 0.25) is 0 Å². The summed E-state index contributed by atoms with van der Waals surface area (Å²) in [4.78, 5) is 9.60. The van der Waals surface area contributed by atoms with Crippen LogP contribution in [0, 0.1) is 5.82 Å². The monoisotopic (exact) mass is 304 g/mol. The highest BCUT2D eigenvalue weighted by Crippen LogP contribution is 2.30. The summed E-state index contributed by atoms with van der Waals surface area (Å²) in [5, 5.41) is 1.09. The zero-order valence-corrected chi connectivity index (χ0v) is 13.2. The highest BCUT2D eigenvalue weighted by molar-refractivity contribution is 6.14. The summed E-state index contributed by atoms with van der Waals surface area (Å²) in [6, 6.07) is 17.2. The summed E-state index contributed by atoms with van der Waals surface area (Å²) in [7, 11) is 0. The predicted octanol–water partition coefficient (Wildman–Crippen LogP) is 4.55. The van der Waals surface area contributed by atoms with Gasteiger partial charge in [-0.3, -0.25) is 4.99 Å². The van der Waals surface area contributed by atoms with Crippen LogP contribution in [0.25, 0.3) is 10.9 Å². The lowest BCUT2D eigenvalue weighted by Crippen LogP contribution is -2.30. The summed E-state index contributed by atoms with van der Waals surface area (Å²) in [5.41, 5.74) is 3.75. The first-order valence-corrected chi connectivity index (χ1v) is 7.77. The maximum Gasteiger partial charge on any atom is 0.127 e. The van der Waals surface area contributed by atoms with Gasteiger partial charge >= 0.3 is 0 Å². The molecule has 0 atom stereocenters. The van der Waals surface area contributed by atoms with E-state index in [0.29, 0.717) is 6.42 Å². The summed E-state index contributed by atoms with van der Waals surface area (Å²) < 4.78 is 14.3. The molecule has 3 aromatic rings. The molecule has 0 bridgehead atoms. The molecule has 3 heteroatoms. The Balaban J connectivity index is 1.95. The molecule has 0 radical (unpaired) electrons. The Labute approximate surface area is 134 Å². The van der Waals surface area contributed by atoms with Crippen LogP contribution in [0.2, 0.25) is 0 Å². The molecular weight excluding hydrogens is 287 g/mol. The van der Waals surface area contributed by atoms with Crippen LogP contribution >= 0.6 is 0 Å². The van der Waals surface area contributed by atoms with Crippen LogP contribution in [-0.4, -0.2) is 16.2 Å². The number of pyridine rings is 1. The first kappa shape index (κ1) is 14.1. The molecule has 2 nitrogen and oxygen atoms in total. The third-order valence-electron chi connectivity index (χ3n) is 4.24. The van der Waals surface area contributed by atoms with Gasteiger partial charge < -0.3 is 0 Å². The summed E-state index contributed by atoms with van der Waals surface area (Å²) in [6.45, 7) is 4.06. The quantitative estimate of drug-likeness (QED) is 0.647. The molecule has 0 N–H and O–H groups in total. The molecule has 0 aliphatic carbocycles. The van der Waals surface area contributed by atoms with Crippen molar-refractivity contribution in [2.45, 2.75) is 25.8 Å².